The zero-order valence-corrected chi connectivity index (χ0v) is 12.5. The third kappa shape index (κ3) is 3.87. The zero-order chi connectivity index (χ0) is 17.0. The minimum Gasteiger partial charge on any atom is -0.166 e. The quantitative estimate of drug-likeness (QED) is 0.724. The summed E-state index contributed by atoms with van der Waals surface area (Å²) >= 11 is 0. The summed E-state index contributed by atoms with van der Waals surface area (Å²) < 4.78 is 38.2. The molecule has 0 amide bonds. The minimum absolute atomic E-state index is 0.161. The summed E-state index contributed by atoms with van der Waals surface area (Å²) in [4.78, 5) is 1.33. The molecule has 1 heterocycles. The molecule has 0 aliphatic carbocycles. The monoisotopic (exact) mass is 330 g/mol. The number of alkyl halides is 3. The van der Waals surface area contributed by atoms with Crippen molar-refractivity contribution in [3.8, 4) is 11.4 Å². The Bertz CT molecular complexity index is 838. The van der Waals surface area contributed by atoms with Crippen molar-refractivity contribution in [1.82, 2.24) is 20.2 Å². The van der Waals surface area contributed by atoms with Crippen LogP contribution < -0.4 is 0 Å². The number of hydrogen-bond donors (Lipinski definition) is 0. The fraction of sp³-hybridized carbons (Fsp3) is 0.118. The van der Waals surface area contributed by atoms with Gasteiger partial charge in [-0.2, -0.15) is 18.0 Å². The molecule has 0 aliphatic heterocycles. The van der Waals surface area contributed by atoms with Crippen molar-refractivity contribution < 1.29 is 13.2 Å². The lowest BCUT2D eigenvalue weighted by atomic mass is 10.1. The van der Waals surface area contributed by atoms with Gasteiger partial charge in [-0.1, -0.05) is 54.6 Å². The van der Waals surface area contributed by atoms with Gasteiger partial charge in [-0.3, -0.25) is 0 Å². The van der Waals surface area contributed by atoms with E-state index < -0.39 is 11.7 Å². The van der Waals surface area contributed by atoms with Gasteiger partial charge in [0.05, 0.1) is 12.1 Å². The maximum Gasteiger partial charge on any atom is 0.416 e. The van der Waals surface area contributed by atoms with Crippen molar-refractivity contribution >= 4 is 6.08 Å². The molecule has 0 saturated heterocycles. The van der Waals surface area contributed by atoms with E-state index in [9.17, 15) is 13.2 Å². The summed E-state index contributed by atoms with van der Waals surface area (Å²) in [6, 6.07) is 14.6. The van der Waals surface area contributed by atoms with E-state index in [-0.39, 0.29) is 11.4 Å². The molecule has 0 radical (unpaired) electrons. The van der Waals surface area contributed by atoms with Gasteiger partial charge in [-0.05, 0) is 22.9 Å². The molecular formula is C17H13F3N4. The predicted octanol–water partition coefficient (Wildman–Crippen LogP) is 4.07. The molecule has 0 aliphatic rings. The van der Waals surface area contributed by atoms with Crippen LogP contribution in [0.5, 0.6) is 0 Å². The summed E-state index contributed by atoms with van der Waals surface area (Å²) in [5.41, 5.74) is 0.583. The standard InChI is InChI=1S/C17H13F3N4/c18-17(19,20)15-10-4-9-14(12-15)16-21-23-24(22-16)11-5-8-13-6-2-1-3-7-13/h1-10,12H,11H2/b8-5+. The first-order chi connectivity index (χ1) is 11.5. The number of benzene rings is 2. The van der Waals surface area contributed by atoms with Crippen LogP contribution in [-0.4, -0.2) is 20.2 Å². The van der Waals surface area contributed by atoms with Gasteiger partial charge in [0.25, 0.3) is 0 Å². The van der Waals surface area contributed by atoms with Crippen molar-refractivity contribution in [2.24, 2.45) is 0 Å². The summed E-state index contributed by atoms with van der Waals surface area (Å²) in [5, 5.41) is 11.8. The van der Waals surface area contributed by atoms with E-state index in [1.165, 1.54) is 16.9 Å². The van der Waals surface area contributed by atoms with Crippen molar-refractivity contribution in [3.63, 3.8) is 0 Å². The Hall–Kier alpha value is -2.96. The smallest absolute Gasteiger partial charge is 0.166 e. The maximum atomic E-state index is 12.7. The van der Waals surface area contributed by atoms with Crippen LogP contribution >= 0.6 is 0 Å². The summed E-state index contributed by atoms with van der Waals surface area (Å²) in [6.07, 6.45) is -0.634. The second kappa shape index (κ2) is 6.66. The summed E-state index contributed by atoms with van der Waals surface area (Å²) in [6.45, 7) is 0.376. The van der Waals surface area contributed by atoms with Gasteiger partial charge in [0.1, 0.15) is 0 Å². The van der Waals surface area contributed by atoms with Crippen molar-refractivity contribution in [2.75, 3.05) is 0 Å². The van der Waals surface area contributed by atoms with E-state index in [0.717, 1.165) is 17.7 Å². The van der Waals surface area contributed by atoms with Crippen LogP contribution in [0.1, 0.15) is 11.1 Å². The van der Waals surface area contributed by atoms with Crippen molar-refractivity contribution in [1.29, 1.82) is 0 Å². The Kier molecular flexibility index (Phi) is 4.41. The lowest BCUT2D eigenvalue weighted by Gasteiger charge is -2.06. The highest BCUT2D eigenvalue weighted by molar-refractivity contribution is 5.55. The highest BCUT2D eigenvalue weighted by Crippen LogP contribution is 2.31. The van der Waals surface area contributed by atoms with Gasteiger partial charge in [0.2, 0.25) is 5.82 Å². The van der Waals surface area contributed by atoms with E-state index in [0.29, 0.717) is 6.54 Å². The molecule has 0 fully saturated rings. The van der Waals surface area contributed by atoms with E-state index >= 15 is 0 Å². The zero-order valence-electron chi connectivity index (χ0n) is 12.5. The molecule has 0 unspecified atom stereocenters. The number of allylic oxidation sites excluding steroid dienone is 1. The topological polar surface area (TPSA) is 43.6 Å². The van der Waals surface area contributed by atoms with E-state index in [1.807, 2.05) is 42.5 Å². The van der Waals surface area contributed by atoms with Gasteiger partial charge in [0.15, 0.2) is 0 Å². The first-order valence-corrected chi connectivity index (χ1v) is 7.19. The van der Waals surface area contributed by atoms with E-state index in [4.69, 9.17) is 0 Å². The summed E-state index contributed by atoms with van der Waals surface area (Å²) in [7, 11) is 0. The van der Waals surface area contributed by atoms with Crippen LogP contribution in [0.25, 0.3) is 17.5 Å². The first kappa shape index (κ1) is 15.9. The van der Waals surface area contributed by atoms with Crippen LogP contribution in [0.4, 0.5) is 13.2 Å². The SMILES string of the molecule is FC(F)(F)c1cccc(-c2nnn(C/C=C/c3ccccc3)n2)c1. The molecule has 0 N–H and O–H groups in total. The summed E-state index contributed by atoms with van der Waals surface area (Å²) in [5.74, 6) is 0.161. The average Bonchev–Trinajstić information content (AvgIpc) is 3.04. The second-order valence-corrected chi connectivity index (χ2v) is 5.06. The van der Waals surface area contributed by atoms with Gasteiger partial charge < -0.3 is 0 Å². The van der Waals surface area contributed by atoms with Crippen molar-refractivity contribution in [2.45, 2.75) is 12.7 Å². The average molecular weight is 330 g/mol. The molecule has 3 rings (SSSR count). The number of rotatable bonds is 4. The van der Waals surface area contributed by atoms with Gasteiger partial charge in [-0.25, -0.2) is 0 Å². The Morgan fingerprint density at radius 1 is 1.00 bits per heavy atom. The molecule has 4 nitrogen and oxygen atoms in total. The van der Waals surface area contributed by atoms with E-state index in [1.54, 1.807) is 0 Å². The largest absolute Gasteiger partial charge is 0.416 e. The number of aromatic nitrogens is 4. The maximum absolute atomic E-state index is 12.7. The number of hydrogen-bond acceptors (Lipinski definition) is 3. The van der Waals surface area contributed by atoms with Crippen LogP contribution in [0, 0.1) is 0 Å². The lowest BCUT2D eigenvalue weighted by Crippen LogP contribution is -2.04. The molecule has 7 heteroatoms. The number of tetrazole rings is 1. The molecule has 2 aromatic carbocycles. The highest BCUT2D eigenvalue weighted by Gasteiger charge is 2.30. The normalized spacial score (nSPS) is 12.0. The second-order valence-electron chi connectivity index (χ2n) is 5.06. The molecule has 0 atom stereocenters. The Morgan fingerprint density at radius 2 is 1.79 bits per heavy atom. The molecule has 24 heavy (non-hydrogen) atoms. The van der Waals surface area contributed by atoms with Crippen LogP contribution in [-0.2, 0) is 12.7 Å². The fourth-order valence-electron chi connectivity index (χ4n) is 2.12. The molecule has 122 valence electrons. The van der Waals surface area contributed by atoms with Gasteiger partial charge in [-0.15, -0.1) is 10.2 Å². The van der Waals surface area contributed by atoms with E-state index in [2.05, 4.69) is 15.4 Å². The van der Waals surface area contributed by atoms with Gasteiger partial charge in [0, 0.05) is 5.56 Å². The molecule has 0 bridgehead atoms. The van der Waals surface area contributed by atoms with Crippen molar-refractivity contribution in [3.05, 3.63) is 71.8 Å². The minimum atomic E-state index is -4.40. The molecule has 0 saturated carbocycles. The third-order valence-electron chi connectivity index (χ3n) is 3.28. The molecule has 1 aromatic heterocycles. The molecule has 3 aromatic rings. The lowest BCUT2D eigenvalue weighted by molar-refractivity contribution is -0.137. The van der Waals surface area contributed by atoms with Crippen LogP contribution in [0.15, 0.2) is 60.7 Å². The number of halogens is 3. The van der Waals surface area contributed by atoms with Crippen LogP contribution in [0.3, 0.4) is 0 Å². The fourth-order valence-corrected chi connectivity index (χ4v) is 2.12. The molecular weight excluding hydrogens is 317 g/mol. The highest BCUT2D eigenvalue weighted by atomic mass is 19.4. The molecule has 0 spiro atoms. The Labute approximate surface area is 136 Å². The number of nitrogens with zero attached hydrogens (tertiary/aromatic N) is 4. The first-order valence-electron chi connectivity index (χ1n) is 7.19. The third-order valence-corrected chi connectivity index (χ3v) is 3.28. The van der Waals surface area contributed by atoms with Crippen LogP contribution in [0.2, 0.25) is 0 Å². The Balaban J connectivity index is 1.73. The Morgan fingerprint density at radius 3 is 2.54 bits per heavy atom. The van der Waals surface area contributed by atoms with Gasteiger partial charge >= 0.3 is 6.18 Å². The predicted molar refractivity (Wildman–Crippen MR) is 83.7 cm³/mol.